The first-order valence-corrected chi connectivity index (χ1v) is 13.5. The second kappa shape index (κ2) is 14.7. The predicted octanol–water partition coefficient (Wildman–Crippen LogP) is -0.702. The molecular formula is C28H32Br2N4S2. The van der Waals surface area contributed by atoms with Crippen molar-refractivity contribution < 1.29 is 43.1 Å². The van der Waals surface area contributed by atoms with Gasteiger partial charge in [0.2, 0.25) is 0 Å². The van der Waals surface area contributed by atoms with Gasteiger partial charge in [0, 0.05) is 84.7 Å². The Labute approximate surface area is 244 Å². The van der Waals surface area contributed by atoms with E-state index in [-0.39, 0.29) is 34.0 Å². The van der Waals surface area contributed by atoms with Crippen LogP contribution in [0.5, 0.6) is 0 Å². The molecule has 4 nitrogen and oxygen atoms in total. The SMILES string of the molecule is CN(C)c1cc[n+](Cc2ccc(SSc3ccc(C[n+]4ccc(N(C)C)cc4)cc3)cc2)cc1.[Br-].[Br-]. The summed E-state index contributed by atoms with van der Waals surface area (Å²) in [5.74, 6) is 0. The van der Waals surface area contributed by atoms with Gasteiger partial charge < -0.3 is 43.8 Å². The van der Waals surface area contributed by atoms with E-state index in [4.69, 9.17) is 0 Å². The number of benzene rings is 2. The molecule has 0 fully saturated rings. The normalized spacial score (nSPS) is 10.2. The van der Waals surface area contributed by atoms with Crippen LogP contribution in [-0.2, 0) is 13.1 Å². The zero-order chi connectivity index (χ0) is 23.9. The first kappa shape index (κ1) is 30.2. The number of hydrogen-bond donors (Lipinski definition) is 0. The highest BCUT2D eigenvalue weighted by Gasteiger charge is 2.07. The van der Waals surface area contributed by atoms with Gasteiger partial charge in [-0.3, -0.25) is 0 Å². The van der Waals surface area contributed by atoms with Gasteiger partial charge >= 0.3 is 0 Å². The van der Waals surface area contributed by atoms with E-state index >= 15 is 0 Å². The molecule has 0 radical (unpaired) electrons. The van der Waals surface area contributed by atoms with E-state index in [1.807, 2.05) is 0 Å². The van der Waals surface area contributed by atoms with Gasteiger partial charge in [0.1, 0.15) is 0 Å². The van der Waals surface area contributed by atoms with Crippen LogP contribution in [0.3, 0.4) is 0 Å². The summed E-state index contributed by atoms with van der Waals surface area (Å²) < 4.78 is 4.42. The lowest BCUT2D eigenvalue weighted by Gasteiger charge is -2.10. The molecule has 2 aromatic carbocycles. The first-order chi connectivity index (χ1) is 16.5. The summed E-state index contributed by atoms with van der Waals surface area (Å²) in [7, 11) is 11.9. The van der Waals surface area contributed by atoms with Crippen molar-refractivity contribution in [3.05, 3.63) is 109 Å². The average molecular weight is 649 g/mol. The third kappa shape index (κ3) is 8.83. The Balaban J connectivity index is 0.00000228. The number of nitrogens with zero attached hydrogens (tertiary/aromatic N) is 4. The van der Waals surface area contributed by atoms with Gasteiger partial charge in [0.15, 0.2) is 37.9 Å². The van der Waals surface area contributed by atoms with Gasteiger partial charge in [-0.15, -0.1) is 0 Å². The van der Waals surface area contributed by atoms with Crippen LogP contribution in [0.25, 0.3) is 0 Å². The maximum absolute atomic E-state index is 2.22. The van der Waals surface area contributed by atoms with Gasteiger partial charge in [0.05, 0.1) is 0 Å². The van der Waals surface area contributed by atoms with Crippen molar-refractivity contribution in [2.24, 2.45) is 0 Å². The Morgan fingerprint density at radius 2 is 0.806 bits per heavy atom. The molecule has 0 aliphatic heterocycles. The molecule has 0 aliphatic rings. The number of halogens is 2. The minimum atomic E-state index is 0. The van der Waals surface area contributed by atoms with E-state index in [2.05, 4.69) is 145 Å². The summed E-state index contributed by atoms with van der Waals surface area (Å²) in [6.45, 7) is 1.76. The zero-order valence-corrected chi connectivity index (χ0v) is 25.8. The number of hydrogen-bond acceptors (Lipinski definition) is 4. The molecule has 0 unspecified atom stereocenters. The van der Waals surface area contributed by atoms with Crippen LogP contribution in [0.2, 0.25) is 0 Å². The smallest absolute Gasteiger partial charge is 0.173 e. The fourth-order valence-corrected chi connectivity index (χ4v) is 5.46. The maximum Gasteiger partial charge on any atom is 0.173 e. The lowest BCUT2D eigenvalue weighted by molar-refractivity contribution is -0.688. The van der Waals surface area contributed by atoms with E-state index in [0.29, 0.717) is 0 Å². The lowest BCUT2D eigenvalue weighted by Crippen LogP contribution is -3.00. The summed E-state index contributed by atoms with van der Waals surface area (Å²) in [5, 5.41) is 0. The highest BCUT2D eigenvalue weighted by Crippen LogP contribution is 2.37. The lowest BCUT2D eigenvalue weighted by atomic mass is 10.2. The van der Waals surface area contributed by atoms with Gasteiger partial charge in [-0.2, -0.15) is 0 Å². The van der Waals surface area contributed by atoms with Crippen LogP contribution in [0.4, 0.5) is 11.4 Å². The fourth-order valence-electron chi connectivity index (χ4n) is 3.52. The molecule has 2 aromatic heterocycles. The van der Waals surface area contributed by atoms with Crippen molar-refractivity contribution in [3.63, 3.8) is 0 Å². The van der Waals surface area contributed by atoms with Crippen molar-refractivity contribution in [2.75, 3.05) is 38.0 Å². The number of anilines is 2. The third-order valence-electron chi connectivity index (χ3n) is 5.59. The summed E-state index contributed by atoms with van der Waals surface area (Å²) in [5.41, 5.74) is 5.03. The Hall–Kier alpha value is -2.00. The van der Waals surface area contributed by atoms with Crippen molar-refractivity contribution in [1.29, 1.82) is 0 Å². The van der Waals surface area contributed by atoms with Crippen molar-refractivity contribution in [2.45, 2.75) is 22.9 Å². The summed E-state index contributed by atoms with van der Waals surface area (Å²) >= 11 is 0. The molecule has 8 heteroatoms. The number of pyridine rings is 2. The largest absolute Gasteiger partial charge is 1.00 e. The maximum atomic E-state index is 2.22. The van der Waals surface area contributed by atoms with Crippen LogP contribution in [0.1, 0.15) is 11.1 Å². The Morgan fingerprint density at radius 3 is 1.08 bits per heavy atom. The monoisotopic (exact) mass is 646 g/mol. The molecule has 0 atom stereocenters. The topological polar surface area (TPSA) is 14.2 Å². The van der Waals surface area contributed by atoms with Crippen LogP contribution in [0.15, 0.2) is 107 Å². The second-order valence-electron chi connectivity index (χ2n) is 8.70. The third-order valence-corrected chi connectivity index (χ3v) is 8.01. The van der Waals surface area contributed by atoms with Gasteiger partial charge in [-0.05, 0) is 24.3 Å². The van der Waals surface area contributed by atoms with Crippen LogP contribution >= 0.6 is 21.6 Å². The van der Waals surface area contributed by atoms with E-state index in [1.54, 1.807) is 21.6 Å². The van der Waals surface area contributed by atoms with E-state index < -0.39 is 0 Å². The van der Waals surface area contributed by atoms with Gasteiger partial charge in [-0.1, -0.05) is 45.9 Å². The van der Waals surface area contributed by atoms with Crippen LogP contribution in [0, 0.1) is 0 Å². The molecule has 0 bridgehead atoms. The zero-order valence-electron chi connectivity index (χ0n) is 21.0. The summed E-state index contributed by atoms with van der Waals surface area (Å²) in [4.78, 5) is 6.76. The molecule has 0 N–H and O–H groups in total. The molecule has 0 saturated heterocycles. The van der Waals surface area contributed by atoms with Crippen molar-refractivity contribution in [3.8, 4) is 0 Å². The molecular weight excluding hydrogens is 616 g/mol. The molecule has 0 amide bonds. The van der Waals surface area contributed by atoms with Crippen LogP contribution in [-0.4, -0.2) is 28.2 Å². The van der Waals surface area contributed by atoms with Gasteiger partial charge in [0.25, 0.3) is 0 Å². The Kier molecular flexibility index (Phi) is 12.3. The minimum Gasteiger partial charge on any atom is -1.00 e. The highest BCUT2D eigenvalue weighted by molar-refractivity contribution is 8.76. The molecule has 36 heavy (non-hydrogen) atoms. The number of aromatic nitrogens is 2. The van der Waals surface area contributed by atoms with E-state index in [0.717, 1.165) is 13.1 Å². The van der Waals surface area contributed by atoms with Gasteiger partial charge in [-0.25, -0.2) is 9.13 Å². The number of rotatable bonds is 9. The summed E-state index contributed by atoms with van der Waals surface area (Å²) in [6.07, 6.45) is 8.54. The van der Waals surface area contributed by atoms with Crippen LogP contribution < -0.4 is 52.9 Å². The molecule has 0 aliphatic carbocycles. The Morgan fingerprint density at radius 1 is 0.500 bits per heavy atom. The van der Waals surface area contributed by atoms with Crippen molar-refractivity contribution >= 4 is 33.0 Å². The van der Waals surface area contributed by atoms with E-state index in [1.165, 1.54) is 32.3 Å². The quantitative estimate of drug-likeness (QED) is 0.176. The fraction of sp³-hybridized carbons (Fsp3) is 0.214. The standard InChI is InChI=1S/C28H32N4S2.2BrH/c1-29(2)25-13-17-31(18-14-25)21-23-5-9-27(10-6-23)33-34-28-11-7-24(8-12-28)22-32-19-15-26(16-20-32)30(3)4;;/h5-20H,21-22H2,1-4H3;2*1H/q+2;;/p-2. The highest BCUT2D eigenvalue weighted by atomic mass is 79.9. The molecule has 0 spiro atoms. The molecule has 0 saturated carbocycles. The molecule has 4 rings (SSSR count). The molecule has 2 heterocycles. The second-order valence-corrected chi connectivity index (χ2v) is 11.0. The Bertz CT molecular complexity index is 1090. The average Bonchev–Trinajstić information content (AvgIpc) is 2.85. The summed E-state index contributed by atoms with van der Waals surface area (Å²) in [6, 6.07) is 26.3. The van der Waals surface area contributed by atoms with Crippen molar-refractivity contribution in [1.82, 2.24) is 0 Å². The molecule has 4 aromatic rings. The minimum absolute atomic E-state index is 0. The first-order valence-electron chi connectivity index (χ1n) is 11.3. The van der Waals surface area contributed by atoms with E-state index in [9.17, 15) is 0 Å². The predicted molar refractivity (Wildman–Crippen MR) is 145 cm³/mol. The molecule has 190 valence electrons.